The molecule has 0 amide bonds. The van der Waals surface area contributed by atoms with Crippen molar-refractivity contribution in [3.8, 4) is 0 Å². The molecule has 17 heavy (non-hydrogen) atoms. The molecule has 0 aromatic rings. The van der Waals surface area contributed by atoms with E-state index in [1.54, 1.807) is 5.57 Å². The fraction of sp³-hybridized carbons (Fsp3) is 0.875. The highest BCUT2D eigenvalue weighted by Gasteiger charge is 2.26. The molecule has 0 spiro atoms. The van der Waals surface area contributed by atoms with Crippen LogP contribution >= 0.6 is 0 Å². The zero-order valence-corrected chi connectivity index (χ0v) is 12.1. The van der Waals surface area contributed by atoms with Crippen molar-refractivity contribution in [2.45, 2.75) is 84.6 Å². The van der Waals surface area contributed by atoms with Gasteiger partial charge in [0.15, 0.2) is 0 Å². The SMILES string of the molecule is CCCCCCCCC1=CC(N)CC(C)(C)C1. The summed E-state index contributed by atoms with van der Waals surface area (Å²) >= 11 is 0. The predicted molar refractivity (Wildman–Crippen MR) is 77.1 cm³/mol. The van der Waals surface area contributed by atoms with E-state index in [4.69, 9.17) is 5.73 Å². The molecule has 1 unspecified atom stereocenters. The van der Waals surface area contributed by atoms with Crippen LogP contribution in [0.4, 0.5) is 0 Å². The van der Waals surface area contributed by atoms with Gasteiger partial charge in [0.25, 0.3) is 0 Å². The molecule has 0 bridgehead atoms. The lowest BCUT2D eigenvalue weighted by atomic mass is 9.74. The monoisotopic (exact) mass is 237 g/mol. The molecule has 0 aromatic heterocycles. The standard InChI is InChI=1S/C16H31N/c1-4-5-6-7-8-9-10-14-11-15(17)13-16(2,3)12-14/h11,15H,4-10,12-13,17H2,1-3H3. The molecule has 1 heteroatoms. The molecular formula is C16H31N. The van der Waals surface area contributed by atoms with Crippen molar-refractivity contribution >= 4 is 0 Å². The molecule has 1 nitrogen and oxygen atoms in total. The molecular weight excluding hydrogens is 206 g/mol. The predicted octanol–water partition coefficient (Wildman–Crippen LogP) is 4.81. The smallest absolute Gasteiger partial charge is 0.0231 e. The maximum atomic E-state index is 6.09. The first-order chi connectivity index (χ1) is 8.03. The molecule has 1 atom stereocenters. The molecule has 0 saturated carbocycles. The van der Waals surface area contributed by atoms with Crippen LogP contribution in [0.2, 0.25) is 0 Å². The molecule has 0 aliphatic heterocycles. The first-order valence-electron chi connectivity index (χ1n) is 7.48. The third-order valence-electron chi connectivity index (χ3n) is 3.80. The molecule has 0 aromatic carbocycles. The second-order valence-electron chi connectivity index (χ2n) is 6.55. The molecule has 2 N–H and O–H groups in total. The van der Waals surface area contributed by atoms with Crippen molar-refractivity contribution in [2.75, 3.05) is 0 Å². The average Bonchev–Trinajstić information content (AvgIpc) is 2.20. The normalized spacial score (nSPS) is 23.5. The van der Waals surface area contributed by atoms with Gasteiger partial charge in [0.05, 0.1) is 0 Å². The summed E-state index contributed by atoms with van der Waals surface area (Å²) in [6.45, 7) is 6.97. The summed E-state index contributed by atoms with van der Waals surface area (Å²) in [6.07, 6.45) is 14.3. The van der Waals surface area contributed by atoms with Gasteiger partial charge in [-0.2, -0.15) is 0 Å². The van der Waals surface area contributed by atoms with Crippen LogP contribution < -0.4 is 5.73 Å². The highest BCUT2D eigenvalue weighted by atomic mass is 14.6. The molecule has 1 rings (SSSR count). The molecule has 0 heterocycles. The zero-order valence-electron chi connectivity index (χ0n) is 12.1. The van der Waals surface area contributed by atoms with Crippen LogP contribution in [0.15, 0.2) is 11.6 Å². The van der Waals surface area contributed by atoms with E-state index in [2.05, 4.69) is 26.8 Å². The van der Waals surface area contributed by atoms with Crippen LogP contribution in [-0.4, -0.2) is 6.04 Å². The Kier molecular flexibility index (Phi) is 6.26. The van der Waals surface area contributed by atoms with Gasteiger partial charge >= 0.3 is 0 Å². The Hall–Kier alpha value is -0.300. The number of unbranched alkanes of at least 4 members (excludes halogenated alkanes) is 5. The number of hydrogen-bond acceptors (Lipinski definition) is 1. The first kappa shape index (κ1) is 14.8. The van der Waals surface area contributed by atoms with Crippen molar-refractivity contribution in [3.63, 3.8) is 0 Å². The maximum absolute atomic E-state index is 6.09. The first-order valence-corrected chi connectivity index (χ1v) is 7.48. The van der Waals surface area contributed by atoms with E-state index in [9.17, 15) is 0 Å². The van der Waals surface area contributed by atoms with Gasteiger partial charge in [0.2, 0.25) is 0 Å². The summed E-state index contributed by atoms with van der Waals surface area (Å²) in [5.74, 6) is 0. The van der Waals surface area contributed by atoms with Gasteiger partial charge in [-0.25, -0.2) is 0 Å². The fourth-order valence-electron chi connectivity index (χ4n) is 3.05. The van der Waals surface area contributed by atoms with Crippen LogP contribution in [0.5, 0.6) is 0 Å². The summed E-state index contributed by atoms with van der Waals surface area (Å²) in [5.41, 5.74) is 8.13. The minimum atomic E-state index is 0.300. The van der Waals surface area contributed by atoms with Crippen LogP contribution in [-0.2, 0) is 0 Å². The van der Waals surface area contributed by atoms with E-state index in [-0.39, 0.29) is 0 Å². The van der Waals surface area contributed by atoms with Gasteiger partial charge < -0.3 is 5.73 Å². The van der Waals surface area contributed by atoms with Gasteiger partial charge in [-0.3, -0.25) is 0 Å². The van der Waals surface area contributed by atoms with Gasteiger partial charge in [0, 0.05) is 6.04 Å². The average molecular weight is 237 g/mol. The lowest BCUT2D eigenvalue weighted by Crippen LogP contribution is -2.30. The summed E-state index contributed by atoms with van der Waals surface area (Å²) < 4.78 is 0. The van der Waals surface area contributed by atoms with Crippen LogP contribution in [0, 0.1) is 5.41 Å². The minimum absolute atomic E-state index is 0.300. The molecule has 1 aliphatic carbocycles. The largest absolute Gasteiger partial charge is 0.324 e. The van der Waals surface area contributed by atoms with E-state index in [0.29, 0.717) is 11.5 Å². The van der Waals surface area contributed by atoms with Gasteiger partial charge in [-0.05, 0) is 31.1 Å². The third kappa shape index (κ3) is 6.26. The molecule has 0 radical (unpaired) electrons. The lowest BCUT2D eigenvalue weighted by molar-refractivity contribution is 0.297. The Morgan fingerprint density at radius 1 is 1.18 bits per heavy atom. The Bertz CT molecular complexity index is 240. The highest BCUT2D eigenvalue weighted by molar-refractivity contribution is 5.14. The van der Waals surface area contributed by atoms with E-state index in [1.165, 1.54) is 51.4 Å². The Morgan fingerprint density at radius 2 is 1.82 bits per heavy atom. The zero-order chi connectivity index (χ0) is 12.7. The number of nitrogens with two attached hydrogens (primary N) is 1. The summed E-state index contributed by atoms with van der Waals surface area (Å²) in [7, 11) is 0. The van der Waals surface area contributed by atoms with Crippen LogP contribution in [0.25, 0.3) is 0 Å². The number of allylic oxidation sites excluding steroid dienone is 1. The molecule has 0 saturated heterocycles. The van der Waals surface area contributed by atoms with Gasteiger partial charge in [-0.1, -0.05) is 64.5 Å². The summed E-state index contributed by atoms with van der Waals surface area (Å²) in [6, 6.07) is 0.300. The van der Waals surface area contributed by atoms with Crippen molar-refractivity contribution < 1.29 is 0 Å². The van der Waals surface area contributed by atoms with Crippen molar-refractivity contribution in [1.82, 2.24) is 0 Å². The van der Waals surface area contributed by atoms with E-state index < -0.39 is 0 Å². The lowest BCUT2D eigenvalue weighted by Gasteiger charge is -2.33. The Morgan fingerprint density at radius 3 is 2.47 bits per heavy atom. The minimum Gasteiger partial charge on any atom is -0.324 e. The number of hydrogen-bond donors (Lipinski definition) is 1. The van der Waals surface area contributed by atoms with Crippen molar-refractivity contribution in [1.29, 1.82) is 0 Å². The van der Waals surface area contributed by atoms with E-state index in [1.807, 2.05) is 0 Å². The third-order valence-corrected chi connectivity index (χ3v) is 3.80. The van der Waals surface area contributed by atoms with Gasteiger partial charge in [-0.15, -0.1) is 0 Å². The quantitative estimate of drug-likeness (QED) is 0.499. The fourth-order valence-corrected chi connectivity index (χ4v) is 3.05. The Balaban J connectivity index is 2.18. The van der Waals surface area contributed by atoms with E-state index in [0.717, 1.165) is 6.42 Å². The molecule has 0 fully saturated rings. The Labute approximate surface area is 108 Å². The molecule has 1 aliphatic rings. The van der Waals surface area contributed by atoms with Crippen LogP contribution in [0.3, 0.4) is 0 Å². The van der Waals surface area contributed by atoms with E-state index >= 15 is 0 Å². The van der Waals surface area contributed by atoms with Crippen molar-refractivity contribution in [2.24, 2.45) is 11.1 Å². The topological polar surface area (TPSA) is 26.0 Å². The summed E-state index contributed by atoms with van der Waals surface area (Å²) in [5, 5.41) is 0. The second-order valence-corrected chi connectivity index (χ2v) is 6.55. The van der Waals surface area contributed by atoms with Gasteiger partial charge in [0.1, 0.15) is 0 Å². The highest BCUT2D eigenvalue weighted by Crippen LogP contribution is 2.36. The molecule has 100 valence electrons. The number of rotatable bonds is 7. The second kappa shape index (κ2) is 7.20. The van der Waals surface area contributed by atoms with Crippen molar-refractivity contribution in [3.05, 3.63) is 11.6 Å². The summed E-state index contributed by atoms with van der Waals surface area (Å²) in [4.78, 5) is 0. The maximum Gasteiger partial charge on any atom is 0.0231 e. The van der Waals surface area contributed by atoms with Crippen LogP contribution in [0.1, 0.15) is 78.6 Å².